The molecule has 0 spiro atoms. The molecule has 1 saturated heterocycles. The number of aromatic nitrogens is 3. The van der Waals surface area contributed by atoms with Gasteiger partial charge in [0.05, 0.1) is 24.5 Å². The molecule has 1 aromatic carbocycles. The monoisotopic (exact) mass is 544 g/mol. The maximum absolute atomic E-state index is 13.0. The van der Waals surface area contributed by atoms with E-state index in [1.54, 1.807) is 24.5 Å². The Balaban J connectivity index is 0.000000212. The van der Waals surface area contributed by atoms with E-state index >= 15 is 0 Å². The summed E-state index contributed by atoms with van der Waals surface area (Å²) >= 11 is 0. The molecule has 1 aliphatic carbocycles. The Morgan fingerprint density at radius 1 is 1.03 bits per heavy atom. The first kappa shape index (κ1) is 27.9. The lowest BCUT2D eigenvalue weighted by molar-refractivity contribution is -0.137. The Morgan fingerprint density at radius 2 is 1.77 bits per heavy atom. The second-order valence-corrected chi connectivity index (χ2v) is 8.99. The lowest BCUT2D eigenvalue weighted by Crippen LogP contribution is -2.40. The van der Waals surface area contributed by atoms with Crippen LogP contribution in [0.25, 0.3) is 11.4 Å². The zero-order chi connectivity index (χ0) is 27.7. The smallest absolute Gasteiger partial charge is 0.416 e. The van der Waals surface area contributed by atoms with Crippen LogP contribution in [0.2, 0.25) is 0 Å². The molecule has 1 aliphatic heterocycles. The van der Waals surface area contributed by atoms with E-state index in [4.69, 9.17) is 9.47 Å². The van der Waals surface area contributed by atoms with E-state index in [0.717, 1.165) is 49.8 Å². The Labute approximate surface area is 222 Å². The van der Waals surface area contributed by atoms with E-state index in [2.05, 4.69) is 30.8 Å². The second-order valence-electron chi connectivity index (χ2n) is 8.99. The summed E-state index contributed by atoms with van der Waals surface area (Å²) in [5.74, 6) is 0.816. The van der Waals surface area contributed by atoms with Crippen molar-refractivity contribution in [2.45, 2.75) is 50.4 Å². The first-order valence-electron chi connectivity index (χ1n) is 12.4. The predicted molar refractivity (Wildman–Crippen MR) is 136 cm³/mol. The van der Waals surface area contributed by atoms with Gasteiger partial charge in [-0.15, -0.1) is 4.91 Å². The standard InChI is InChI=1S/C17H21F3N2O3.C9H6N4O/c18-17(19,20)11-6-7-15(25-13-9-24-10-13)14(8-11)22-16(23)21-12-4-2-1-3-5-12;14-13-8-3-6-11-9(12-8)7-1-4-10-5-2-7/h6-8,12-13H,1-5,9-10H2,(H2,21,22,23);1-6H. The number of rotatable bonds is 6. The van der Waals surface area contributed by atoms with Crippen LogP contribution in [0.3, 0.4) is 0 Å². The van der Waals surface area contributed by atoms with Gasteiger partial charge in [-0.2, -0.15) is 13.2 Å². The van der Waals surface area contributed by atoms with Gasteiger partial charge in [0, 0.05) is 36.3 Å². The van der Waals surface area contributed by atoms with E-state index in [1.807, 2.05) is 0 Å². The SMILES string of the molecule is O=C(Nc1cc(C(F)(F)F)ccc1OC1COC1)NC1CCCCC1.O=Nc1ccnc(-c2ccncc2)n1. The fourth-order valence-electron chi connectivity index (χ4n) is 4.00. The minimum atomic E-state index is -4.49. The zero-order valence-electron chi connectivity index (χ0n) is 20.9. The van der Waals surface area contributed by atoms with Gasteiger partial charge in [-0.1, -0.05) is 19.3 Å². The fourth-order valence-corrected chi connectivity index (χ4v) is 4.00. The van der Waals surface area contributed by atoms with Crippen molar-refractivity contribution in [1.82, 2.24) is 20.3 Å². The van der Waals surface area contributed by atoms with Crippen molar-refractivity contribution in [2.24, 2.45) is 5.18 Å². The summed E-state index contributed by atoms with van der Waals surface area (Å²) in [4.78, 5) is 34.3. The molecule has 2 amide bonds. The van der Waals surface area contributed by atoms with Gasteiger partial charge in [-0.05, 0) is 48.4 Å². The van der Waals surface area contributed by atoms with Crippen molar-refractivity contribution in [3.8, 4) is 17.1 Å². The molecule has 13 heteroatoms. The Kier molecular flexibility index (Phi) is 9.36. The number of urea groups is 1. The van der Waals surface area contributed by atoms with Crippen molar-refractivity contribution in [2.75, 3.05) is 18.5 Å². The van der Waals surface area contributed by atoms with E-state index < -0.39 is 17.8 Å². The number of ether oxygens (including phenoxy) is 2. The van der Waals surface area contributed by atoms with Crippen molar-refractivity contribution in [3.63, 3.8) is 0 Å². The topological polar surface area (TPSA) is 128 Å². The number of alkyl halides is 3. The second kappa shape index (κ2) is 13.1. The van der Waals surface area contributed by atoms with E-state index in [1.165, 1.54) is 18.3 Å². The fraction of sp³-hybridized carbons (Fsp3) is 0.385. The molecular weight excluding hydrogens is 517 g/mol. The summed E-state index contributed by atoms with van der Waals surface area (Å²) in [5, 5.41) is 8.07. The summed E-state index contributed by atoms with van der Waals surface area (Å²) < 4.78 is 49.5. The van der Waals surface area contributed by atoms with Crippen LogP contribution in [0.1, 0.15) is 37.7 Å². The number of halogens is 3. The minimum Gasteiger partial charge on any atom is -0.483 e. The maximum atomic E-state index is 13.0. The third-order valence-electron chi connectivity index (χ3n) is 6.07. The summed E-state index contributed by atoms with van der Waals surface area (Å²) in [5.41, 5.74) is -0.0155. The molecule has 0 atom stereocenters. The third-order valence-corrected chi connectivity index (χ3v) is 6.07. The molecule has 5 rings (SSSR count). The number of pyridine rings is 1. The molecule has 206 valence electrons. The number of nitroso groups, excluding NO2 is 1. The van der Waals surface area contributed by atoms with Crippen molar-refractivity contribution >= 4 is 17.5 Å². The maximum Gasteiger partial charge on any atom is 0.416 e. The molecule has 2 N–H and O–H groups in total. The van der Waals surface area contributed by atoms with Crippen molar-refractivity contribution in [1.29, 1.82) is 0 Å². The summed E-state index contributed by atoms with van der Waals surface area (Å²) in [6.45, 7) is 0.767. The van der Waals surface area contributed by atoms with Crippen LogP contribution >= 0.6 is 0 Å². The molecule has 3 heterocycles. The minimum absolute atomic E-state index is 0.00929. The number of carbonyl (C=O) groups excluding carboxylic acids is 1. The van der Waals surface area contributed by atoms with Gasteiger partial charge in [-0.3, -0.25) is 4.98 Å². The van der Waals surface area contributed by atoms with Gasteiger partial charge < -0.3 is 20.1 Å². The number of benzene rings is 1. The number of hydrogen-bond acceptors (Lipinski definition) is 8. The van der Waals surface area contributed by atoms with Gasteiger partial charge in [0.1, 0.15) is 11.9 Å². The highest BCUT2D eigenvalue weighted by atomic mass is 19.4. The van der Waals surface area contributed by atoms with Gasteiger partial charge in [0.25, 0.3) is 0 Å². The molecule has 10 nitrogen and oxygen atoms in total. The van der Waals surface area contributed by atoms with E-state index in [-0.39, 0.29) is 29.4 Å². The number of anilines is 1. The highest BCUT2D eigenvalue weighted by molar-refractivity contribution is 5.91. The highest BCUT2D eigenvalue weighted by Crippen LogP contribution is 2.36. The average molecular weight is 545 g/mol. The van der Waals surface area contributed by atoms with Gasteiger partial charge >= 0.3 is 12.2 Å². The first-order chi connectivity index (χ1) is 18.8. The number of carbonyl (C=O) groups is 1. The predicted octanol–water partition coefficient (Wildman–Crippen LogP) is 5.87. The molecule has 0 radical (unpaired) electrons. The van der Waals surface area contributed by atoms with Crippen LogP contribution in [0.15, 0.2) is 60.2 Å². The average Bonchev–Trinajstić information content (AvgIpc) is 2.92. The number of hydrogen-bond donors (Lipinski definition) is 2. The molecule has 0 bridgehead atoms. The third kappa shape index (κ3) is 8.18. The molecule has 3 aromatic rings. The highest BCUT2D eigenvalue weighted by Gasteiger charge is 2.32. The largest absolute Gasteiger partial charge is 0.483 e. The number of amides is 2. The van der Waals surface area contributed by atoms with Crippen LogP contribution in [0, 0.1) is 4.91 Å². The molecule has 2 aromatic heterocycles. The van der Waals surface area contributed by atoms with Crippen LogP contribution in [0.5, 0.6) is 5.75 Å². The van der Waals surface area contributed by atoms with Crippen molar-refractivity contribution < 1.29 is 27.4 Å². The van der Waals surface area contributed by atoms with Crippen LogP contribution in [0.4, 0.5) is 29.5 Å². The van der Waals surface area contributed by atoms with Crippen molar-refractivity contribution in [3.05, 3.63) is 65.5 Å². The lowest BCUT2D eigenvalue weighted by atomic mass is 9.96. The van der Waals surface area contributed by atoms with Crippen LogP contribution < -0.4 is 15.4 Å². The molecule has 2 fully saturated rings. The lowest BCUT2D eigenvalue weighted by Gasteiger charge is -2.28. The van der Waals surface area contributed by atoms with Gasteiger partial charge in [0.2, 0.25) is 0 Å². The summed E-state index contributed by atoms with van der Waals surface area (Å²) in [6, 6.07) is 7.61. The summed E-state index contributed by atoms with van der Waals surface area (Å²) in [7, 11) is 0. The van der Waals surface area contributed by atoms with Crippen LogP contribution in [-0.4, -0.2) is 46.3 Å². The number of nitrogens with zero attached hydrogens (tertiary/aromatic N) is 4. The summed E-state index contributed by atoms with van der Waals surface area (Å²) in [6.07, 6.45) is 5.09. The normalized spacial score (nSPS) is 15.8. The zero-order valence-corrected chi connectivity index (χ0v) is 20.9. The van der Waals surface area contributed by atoms with Gasteiger partial charge in [-0.25, -0.2) is 14.8 Å². The van der Waals surface area contributed by atoms with Gasteiger partial charge in [0.15, 0.2) is 11.6 Å². The molecular formula is C26H27F3N6O4. The Hall–Kier alpha value is -4.13. The Bertz CT molecular complexity index is 1250. The first-order valence-corrected chi connectivity index (χ1v) is 12.4. The number of nitrogens with one attached hydrogen (secondary N) is 2. The van der Waals surface area contributed by atoms with E-state index in [9.17, 15) is 22.9 Å². The molecule has 0 unspecified atom stereocenters. The Morgan fingerprint density at radius 3 is 2.41 bits per heavy atom. The molecule has 1 saturated carbocycles. The van der Waals surface area contributed by atoms with Crippen LogP contribution in [-0.2, 0) is 10.9 Å². The quantitative estimate of drug-likeness (QED) is 0.371. The van der Waals surface area contributed by atoms with E-state index in [0.29, 0.717) is 19.0 Å². The molecule has 2 aliphatic rings. The molecule has 39 heavy (non-hydrogen) atoms.